The first-order valence-electron chi connectivity index (χ1n) is 8.58. The Labute approximate surface area is 159 Å². The molecule has 0 aliphatic rings. The zero-order valence-corrected chi connectivity index (χ0v) is 14.6. The molecule has 0 aliphatic heterocycles. The molecule has 0 fully saturated rings. The van der Waals surface area contributed by atoms with Crippen molar-refractivity contribution in [1.29, 1.82) is 0 Å². The van der Waals surface area contributed by atoms with E-state index < -0.39 is 11.7 Å². The summed E-state index contributed by atoms with van der Waals surface area (Å²) in [6, 6.07) is 19.6. The number of benzene rings is 3. The average molecular weight is 383 g/mol. The Morgan fingerprint density at radius 3 is 2.25 bits per heavy atom. The minimum Gasteiger partial charge on any atom is -0.457 e. The fourth-order valence-corrected chi connectivity index (χ4v) is 2.99. The van der Waals surface area contributed by atoms with Crippen LogP contribution < -0.4 is 10.5 Å². The first-order chi connectivity index (χ1) is 13.5. The summed E-state index contributed by atoms with van der Waals surface area (Å²) in [5.41, 5.74) is 7.01. The predicted octanol–water partition coefficient (Wildman–Crippen LogP) is 5.30. The highest BCUT2D eigenvalue weighted by Crippen LogP contribution is 2.32. The van der Waals surface area contributed by atoms with Gasteiger partial charge in [-0.15, -0.1) is 0 Å². The third kappa shape index (κ3) is 3.44. The quantitative estimate of drug-likeness (QED) is 0.521. The molecule has 0 amide bonds. The van der Waals surface area contributed by atoms with E-state index in [-0.39, 0.29) is 6.54 Å². The first kappa shape index (κ1) is 18.1. The van der Waals surface area contributed by atoms with E-state index in [0.29, 0.717) is 22.9 Å². The summed E-state index contributed by atoms with van der Waals surface area (Å²) in [6.07, 6.45) is -4.38. The second kappa shape index (κ2) is 7.01. The number of hydrogen-bond donors (Lipinski definition) is 1. The zero-order chi connectivity index (χ0) is 19.7. The van der Waals surface area contributed by atoms with E-state index in [4.69, 9.17) is 10.5 Å². The molecule has 3 aromatic carbocycles. The summed E-state index contributed by atoms with van der Waals surface area (Å²) in [5, 5.41) is 5.26. The molecule has 4 nitrogen and oxygen atoms in total. The highest BCUT2D eigenvalue weighted by Gasteiger charge is 2.30. The minimum atomic E-state index is -4.38. The minimum absolute atomic E-state index is 0.193. The van der Waals surface area contributed by atoms with E-state index in [1.165, 1.54) is 12.1 Å². The Bertz CT molecular complexity index is 1100. The summed E-state index contributed by atoms with van der Waals surface area (Å²) >= 11 is 0. The summed E-state index contributed by atoms with van der Waals surface area (Å²) in [6.45, 7) is 0.193. The van der Waals surface area contributed by atoms with Crippen LogP contribution in [0.4, 0.5) is 13.2 Å². The molecule has 4 aromatic rings. The molecule has 0 atom stereocenters. The van der Waals surface area contributed by atoms with E-state index in [1.54, 1.807) is 10.7 Å². The van der Waals surface area contributed by atoms with Gasteiger partial charge in [-0.1, -0.05) is 18.2 Å². The number of aromatic nitrogens is 2. The topological polar surface area (TPSA) is 53.1 Å². The summed E-state index contributed by atoms with van der Waals surface area (Å²) < 4.78 is 45.9. The monoisotopic (exact) mass is 383 g/mol. The number of halogens is 3. The van der Waals surface area contributed by atoms with Crippen molar-refractivity contribution in [2.45, 2.75) is 12.7 Å². The third-order valence-electron chi connectivity index (χ3n) is 4.34. The lowest BCUT2D eigenvalue weighted by molar-refractivity contribution is -0.137. The SMILES string of the molecule is NCc1nn(-c2ccc(C(F)(F)F)cc2)c2ccc(Oc3ccccc3)cc12. The van der Waals surface area contributed by atoms with Gasteiger partial charge in [-0.2, -0.15) is 18.3 Å². The van der Waals surface area contributed by atoms with Gasteiger partial charge >= 0.3 is 6.18 Å². The van der Waals surface area contributed by atoms with Gasteiger partial charge in [0.05, 0.1) is 22.5 Å². The molecule has 0 bridgehead atoms. The van der Waals surface area contributed by atoms with Crippen molar-refractivity contribution >= 4 is 10.9 Å². The molecule has 0 saturated heterocycles. The van der Waals surface area contributed by atoms with E-state index in [1.807, 2.05) is 42.5 Å². The van der Waals surface area contributed by atoms with Crippen LogP contribution in [-0.4, -0.2) is 9.78 Å². The molecular formula is C21H16F3N3O. The normalized spacial score (nSPS) is 11.7. The first-order valence-corrected chi connectivity index (χ1v) is 8.58. The van der Waals surface area contributed by atoms with Gasteiger partial charge in [-0.3, -0.25) is 0 Å². The van der Waals surface area contributed by atoms with Gasteiger partial charge in [0.15, 0.2) is 0 Å². The van der Waals surface area contributed by atoms with Crippen molar-refractivity contribution in [3.05, 3.63) is 84.1 Å². The summed E-state index contributed by atoms with van der Waals surface area (Å²) in [7, 11) is 0. The molecule has 0 spiro atoms. The maximum absolute atomic E-state index is 12.8. The molecular weight excluding hydrogens is 367 g/mol. The molecule has 1 aromatic heterocycles. The number of hydrogen-bond acceptors (Lipinski definition) is 3. The smallest absolute Gasteiger partial charge is 0.416 e. The Kier molecular flexibility index (Phi) is 4.52. The number of nitrogens with two attached hydrogens (primary N) is 1. The summed E-state index contributed by atoms with van der Waals surface area (Å²) in [5.74, 6) is 1.33. The van der Waals surface area contributed by atoms with Gasteiger partial charge in [-0.05, 0) is 54.6 Å². The van der Waals surface area contributed by atoms with Crippen LogP contribution in [0.1, 0.15) is 11.3 Å². The molecule has 142 valence electrons. The lowest BCUT2D eigenvalue weighted by atomic mass is 10.2. The van der Waals surface area contributed by atoms with Crippen molar-refractivity contribution in [3.8, 4) is 17.2 Å². The van der Waals surface area contributed by atoms with E-state index >= 15 is 0 Å². The molecule has 0 saturated carbocycles. The number of ether oxygens (including phenoxy) is 1. The van der Waals surface area contributed by atoms with Crippen LogP contribution >= 0.6 is 0 Å². The van der Waals surface area contributed by atoms with Crippen LogP contribution in [0, 0.1) is 0 Å². The van der Waals surface area contributed by atoms with Crippen LogP contribution in [0.5, 0.6) is 11.5 Å². The Morgan fingerprint density at radius 2 is 1.61 bits per heavy atom. The van der Waals surface area contributed by atoms with Crippen molar-refractivity contribution in [2.75, 3.05) is 0 Å². The molecule has 1 heterocycles. The van der Waals surface area contributed by atoms with Crippen LogP contribution in [0.25, 0.3) is 16.6 Å². The zero-order valence-electron chi connectivity index (χ0n) is 14.6. The molecule has 7 heteroatoms. The highest BCUT2D eigenvalue weighted by atomic mass is 19.4. The largest absolute Gasteiger partial charge is 0.457 e. The van der Waals surface area contributed by atoms with Gasteiger partial charge in [0, 0.05) is 11.9 Å². The Balaban J connectivity index is 1.74. The van der Waals surface area contributed by atoms with Crippen LogP contribution in [0.2, 0.25) is 0 Å². The van der Waals surface area contributed by atoms with Crippen molar-refractivity contribution in [2.24, 2.45) is 5.73 Å². The van der Waals surface area contributed by atoms with Crippen molar-refractivity contribution < 1.29 is 17.9 Å². The summed E-state index contributed by atoms with van der Waals surface area (Å²) in [4.78, 5) is 0. The highest BCUT2D eigenvalue weighted by molar-refractivity contribution is 5.85. The van der Waals surface area contributed by atoms with Gasteiger partial charge in [0.25, 0.3) is 0 Å². The maximum Gasteiger partial charge on any atom is 0.416 e. The molecule has 0 radical (unpaired) electrons. The van der Waals surface area contributed by atoms with Gasteiger partial charge < -0.3 is 10.5 Å². The van der Waals surface area contributed by atoms with E-state index in [9.17, 15) is 13.2 Å². The van der Waals surface area contributed by atoms with E-state index in [0.717, 1.165) is 23.0 Å². The van der Waals surface area contributed by atoms with Crippen molar-refractivity contribution in [1.82, 2.24) is 9.78 Å². The predicted molar refractivity (Wildman–Crippen MR) is 100 cm³/mol. The molecule has 0 aliphatic carbocycles. The molecule has 4 rings (SSSR count). The number of rotatable bonds is 4. The second-order valence-electron chi connectivity index (χ2n) is 6.20. The maximum atomic E-state index is 12.8. The lowest BCUT2D eigenvalue weighted by Crippen LogP contribution is -2.05. The Hall–Kier alpha value is -3.32. The van der Waals surface area contributed by atoms with Gasteiger partial charge in [-0.25, -0.2) is 4.68 Å². The molecule has 2 N–H and O–H groups in total. The number of alkyl halides is 3. The Morgan fingerprint density at radius 1 is 0.893 bits per heavy atom. The standard InChI is InChI=1S/C21H16F3N3O/c22-21(23,24)14-6-8-15(9-7-14)27-20-11-10-17(12-18(20)19(13-25)26-27)28-16-4-2-1-3-5-16/h1-12H,13,25H2. The van der Waals surface area contributed by atoms with Gasteiger partial charge in [0.2, 0.25) is 0 Å². The number of nitrogens with zero attached hydrogens (tertiary/aromatic N) is 2. The van der Waals surface area contributed by atoms with Crippen LogP contribution in [-0.2, 0) is 12.7 Å². The van der Waals surface area contributed by atoms with Crippen LogP contribution in [0.3, 0.4) is 0 Å². The van der Waals surface area contributed by atoms with E-state index in [2.05, 4.69) is 5.10 Å². The lowest BCUT2D eigenvalue weighted by Gasteiger charge is -2.09. The number of fused-ring (bicyclic) bond motifs is 1. The number of para-hydroxylation sites is 1. The molecule has 0 unspecified atom stereocenters. The average Bonchev–Trinajstić information content (AvgIpc) is 3.06. The fraction of sp³-hybridized carbons (Fsp3) is 0.0952. The van der Waals surface area contributed by atoms with Crippen LogP contribution in [0.15, 0.2) is 72.8 Å². The fourth-order valence-electron chi connectivity index (χ4n) is 2.99. The van der Waals surface area contributed by atoms with Crippen molar-refractivity contribution in [3.63, 3.8) is 0 Å². The molecule has 28 heavy (non-hydrogen) atoms. The second-order valence-corrected chi connectivity index (χ2v) is 6.20. The van der Waals surface area contributed by atoms with Gasteiger partial charge in [0.1, 0.15) is 11.5 Å². The third-order valence-corrected chi connectivity index (χ3v) is 4.34.